The van der Waals surface area contributed by atoms with Crippen LogP contribution in [0.5, 0.6) is 28.7 Å². The minimum atomic E-state index is -0.826. The molecule has 1 atom stereocenters. The fraction of sp³-hybridized carbons (Fsp3) is 0.250. The summed E-state index contributed by atoms with van der Waals surface area (Å²) in [5, 5.41) is 31.7. The van der Waals surface area contributed by atoms with Crippen LogP contribution >= 0.6 is 0 Å². The number of ether oxygens (including phenoxy) is 5. The molecule has 3 amide bonds. The molecule has 0 unspecified atom stereocenters. The predicted molar refractivity (Wildman–Crippen MR) is 175 cm³/mol. The highest BCUT2D eigenvalue weighted by Gasteiger charge is 2.32. The molecule has 1 aliphatic rings. The smallest absolute Gasteiger partial charge is 0.338 e. The van der Waals surface area contributed by atoms with Crippen LogP contribution in [0.25, 0.3) is 0 Å². The van der Waals surface area contributed by atoms with Crippen molar-refractivity contribution in [3.63, 3.8) is 0 Å². The van der Waals surface area contributed by atoms with Crippen molar-refractivity contribution in [3.8, 4) is 28.7 Å². The predicted octanol–water partition coefficient (Wildman–Crippen LogP) is 4.42. The van der Waals surface area contributed by atoms with Gasteiger partial charge in [-0.15, -0.1) is 0 Å². The average molecular weight is 693 g/mol. The second-order valence-corrected chi connectivity index (χ2v) is 10.2. The minimum absolute atomic E-state index is 0.101. The lowest BCUT2D eigenvalue weighted by molar-refractivity contribution is -0.394. The van der Waals surface area contributed by atoms with Crippen molar-refractivity contribution in [1.29, 1.82) is 0 Å². The standard InChI is InChI=1S/C32H32N6O12/c1-5-47-27-13-19(7-10-25(27)50-23-12-9-21(37(42)43)15-22(23)38(44)45)16-33-36-28(39)17-49-24-11-8-20(14-26(24)46-4)30-29(31(40)48-6-2)18(3)34-32(41)35-30/h7-16,30H,5-6,17H2,1-4H3,(H,36,39)(H2,34,35,41)/b33-16-/t30-/m0/s1. The Morgan fingerprint density at radius 2 is 1.66 bits per heavy atom. The molecule has 1 heterocycles. The van der Waals surface area contributed by atoms with Gasteiger partial charge in [-0.2, -0.15) is 5.10 Å². The normalized spacial score (nSPS) is 13.9. The number of nitro groups is 2. The van der Waals surface area contributed by atoms with Crippen molar-refractivity contribution < 1.29 is 47.9 Å². The number of amides is 3. The summed E-state index contributed by atoms with van der Waals surface area (Å²) in [6.07, 6.45) is 1.32. The van der Waals surface area contributed by atoms with Crippen LogP contribution in [0.3, 0.4) is 0 Å². The van der Waals surface area contributed by atoms with Gasteiger partial charge in [0.15, 0.2) is 29.6 Å². The van der Waals surface area contributed by atoms with E-state index in [0.717, 1.165) is 18.2 Å². The Labute approximate surface area is 284 Å². The summed E-state index contributed by atoms with van der Waals surface area (Å²) in [4.78, 5) is 58.3. The topological polar surface area (TPSA) is 232 Å². The number of carbonyl (C=O) groups is 3. The number of hydrazone groups is 1. The molecule has 50 heavy (non-hydrogen) atoms. The van der Waals surface area contributed by atoms with Crippen molar-refractivity contribution >= 4 is 35.5 Å². The van der Waals surface area contributed by atoms with Gasteiger partial charge in [0.2, 0.25) is 5.75 Å². The number of nitro benzene ring substituents is 2. The molecule has 18 heteroatoms. The molecule has 262 valence electrons. The number of rotatable bonds is 15. The lowest BCUT2D eigenvalue weighted by atomic mass is 9.95. The molecule has 0 fully saturated rings. The van der Waals surface area contributed by atoms with E-state index < -0.39 is 51.8 Å². The average Bonchev–Trinajstić information content (AvgIpc) is 3.08. The van der Waals surface area contributed by atoms with Crippen LogP contribution < -0.4 is 35.0 Å². The van der Waals surface area contributed by atoms with Crippen molar-refractivity contribution in [2.75, 3.05) is 26.9 Å². The van der Waals surface area contributed by atoms with Gasteiger partial charge in [-0.25, -0.2) is 15.0 Å². The van der Waals surface area contributed by atoms with E-state index in [-0.39, 0.29) is 47.5 Å². The third kappa shape index (κ3) is 8.79. The van der Waals surface area contributed by atoms with Gasteiger partial charge in [-0.3, -0.25) is 25.0 Å². The van der Waals surface area contributed by atoms with Crippen molar-refractivity contribution in [1.82, 2.24) is 16.1 Å². The van der Waals surface area contributed by atoms with Gasteiger partial charge in [-0.1, -0.05) is 6.07 Å². The fourth-order valence-corrected chi connectivity index (χ4v) is 4.68. The van der Waals surface area contributed by atoms with Crippen molar-refractivity contribution in [2.24, 2.45) is 5.10 Å². The lowest BCUT2D eigenvalue weighted by Crippen LogP contribution is -2.45. The second kappa shape index (κ2) is 16.4. The number of nitrogens with zero attached hydrogens (tertiary/aromatic N) is 3. The number of allylic oxidation sites excluding steroid dienone is 1. The number of methoxy groups -OCH3 is 1. The first kappa shape index (κ1) is 36.1. The molecular formula is C32H32N6O12. The first-order valence-electron chi connectivity index (χ1n) is 14.9. The number of urea groups is 1. The summed E-state index contributed by atoms with van der Waals surface area (Å²) in [5.74, 6) is -0.700. The Hall–Kier alpha value is -6.72. The number of hydrogen-bond acceptors (Lipinski definition) is 13. The number of carbonyl (C=O) groups excluding carboxylic acids is 3. The highest BCUT2D eigenvalue weighted by molar-refractivity contribution is 5.95. The molecule has 0 saturated carbocycles. The molecular weight excluding hydrogens is 660 g/mol. The molecule has 0 aromatic heterocycles. The summed E-state index contributed by atoms with van der Waals surface area (Å²) in [5.41, 5.74) is 2.82. The van der Waals surface area contributed by atoms with E-state index in [4.69, 9.17) is 23.7 Å². The Morgan fingerprint density at radius 3 is 2.34 bits per heavy atom. The van der Waals surface area contributed by atoms with Gasteiger partial charge in [-0.05, 0) is 68.3 Å². The number of hydrogen-bond donors (Lipinski definition) is 3. The largest absolute Gasteiger partial charge is 0.493 e. The zero-order chi connectivity index (χ0) is 36.4. The van der Waals surface area contributed by atoms with E-state index in [0.29, 0.717) is 16.8 Å². The number of esters is 1. The van der Waals surface area contributed by atoms with E-state index >= 15 is 0 Å². The van der Waals surface area contributed by atoms with Gasteiger partial charge >= 0.3 is 17.7 Å². The third-order valence-electron chi connectivity index (χ3n) is 6.88. The van der Waals surface area contributed by atoms with Gasteiger partial charge in [0.05, 0.1) is 54.1 Å². The lowest BCUT2D eigenvalue weighted by Gasteiger charge is -2.28. The van der Waals surface area contributed by atoms with E-state index in [1.54, 1.807) is 39.0 Å². The molecule has 0 radical (unpaired) electrons. The molecule has 0 bridgehead atoms. The van der Waals surface area contributed by atoms with Gasteiger partial charge < -0.3 is 34.3 Å². The Bertz CT molecular complexity index is 1880. The summed E-state index contributed by atoms with van der Waals surface area (Å²) in [6, 6.07) is 10.9. The zero-order valence-electron chi connectivity index (χ0n) is 27.2. The molecule has 0 saturated heterocycles. The maximum absolute atomic E-state index is 12.6. The Kier molecular flexibility index (Phi) is 11.8. The molecule has 0 aliphatic carbocycles. The molecule has 0 spiro atoms. The summed E-state index contributed by atoms with van der Waals surface area (Å²) < 4.78 is 27.5. The number of nitrogens with one attached hydrogen (secondary N) is 3. The van der Waals surface area contributed by atoms with Crippen molar-refractivity contribution in [3.05, 3.63) is 97.2 Å². The summed E-state index contributed by atoms with van der Waals surface area (Å²) >= 11 is 0. The van der Waals surface area contributed by atoms with Crippen LogP contribution in [-0.2, 0) is 14.3 Å². The quantitative estimate of drug-likeness (QED) is 0.0869. The minimum Gasteiger partial charge on any atom is -0.493 e. The van der Waals surface area contributed by atoms with E-state index in [1.807, 2.05) is 0 Å². The summed E-state index contributed by atoms with van der Waals surface area (Å²) in [7, 11) is 1.39. The third-order valence-corrected chi connectivity index (χ3v) is 6.88. The first-order valence-corrected chi connectivity index (χ1v) is 14.9. The Balaban J connectivity index is 1.41. The summed E-state index contributed by atoms with van der Waals surface area (Å²) in [6.45, 7) is 4.89. The highest BCUT2D eigenvalue weighted by Crippen LogP contribution is 2.39. The van der Waals surface area contributed by atoms with Crippen LogP contribution in [0, 0.1) is 20.2 Å². The van der Waals surface area contributed by atoms with Crippen LogP contribution in [0.2, 0.25) is 0 Å². The molecule has 4 rings (SSSR count). The van der Waals surface area contributed by atoms with E-state index in [2.05, 4.69) is 21.2 Å². The van der Waals surface area contributed by atoms with Gasteiger partial charge in [0.1, 0.15) is 0 Å². The molecule has 18 nitrogen and oxygen atoms in total. The van der Waals surface area contributed by atoms with Crippen LogP contribution in [0.4, 0.5) is 16.2 Å². The molecule has 3 aromatic rings. The number of non-ortho nitro benzene ring substituents is 1. The fourth-order valence-electron chi connectivity index (χ4n) is 4.68. The number of benzene rings is 3. The van der Waals surface area contributed by atoms with Crippen LogP contribution in [-0.4, -0.2) is 60.9 Å². The van der Waals surface area contributed by atoms with E-state index in [9.17, 15) is 34.6 Å². The van der Waals surface area contributed by atoms with Crippen LogP contribution in [0.15, 0.2) is 71.0 Å². The molecule has 1 aliphatic heterocycles. The Morgan fingerprint density at radius 1 is 0.920 bits per heavy atom. The first-order chi connectivity index (χ1) is 23.9. The maximum Gasteiger partial charge on any atom is 0.338 e. The van der Waals surface area contributed by atoms with Gasteiger partial charge in [0, 0.05) is 11.8 Å². The van der Waals surface area contributed by atoms with E-state index in [1.165, 1.54) is 31.5 Å². The second-order valence-electron chi connectivity index (χ2n) is 10.2. The maximum atomic E-state index is 12.6. The zero-order valence-corrected chi connectivity index (χ0v) is 27.2. The SMILES string of the molecule is CCOC(=O)C1=C(C)NC(=O)N[C@H]1c1ccc(OCC(=O)N/N=C\c2ccc(Oc3ccc([N+](=O)[O-])cc3[N+](=O)[O-])c(OCC)c2)c(OC)c1. The monoisotopic (exact) mass is 692 g/mol. The van der Waals surface area contributed by atoms with Gasteiger partial charge in [0.25, 0.3) is 11.6 Å². The van der Waals surface area contributed by atoms with Crippen molar-refractivity contribution in [2.45, 2.75) is 26.8 Å². The highest BCUT2D eigenvalue weighted by atomic mass is 16.6. The van der Waals surface area contributed by atoms with Crippen LogP contribution in [0.1, 0.15) is 37.9 Å². The molecule has 3 aromatic carbocycles. The molecule has 3 N–H and O–H groups in total.